The zero-order valence-corrected chi connectivity index (χ0v) is 21.9. The predicted octanol–water partition coefficient (Wildman–Crippen LogP) is 2.30. The van der Waals surface area contributed by atoms with E-state index in [1.165, 1.54) is 11.1 Å². The summed E-state index contributed by atoms with van der Waals surface area (Å²) in [6.45, 7) is 10.2. The molecule has 3 aromatic rings. The minimum atomic E-state index is -0.236. The van der Waals surface area contributed by atoms with Gasteiger partial charge in [-0.25, -0.2) is 4.68 Å². The first-order chi connectivity index (χ1) is 18.0. The van der Waals surface area contributed by atoms with E-state index in [1.54, 1.807) is 7.11 Å². The number of morpholine rings is 1. The van der Waals surface area contributed by atoms with Crippen LogP contribution in [0.5, 0.6) is 6.01 Å². The topological polar surface area (TPSA) is 98.0 Å². The van der Waals surface area contributed by atoms with Crippen molar-refractivity contribution >= 4 is 16.7 Å². The van der Waals surface area contributed by atoms with E-state index in [-0.39, 0.29) is 24.3 Å². The predicted molar refractivity (Wildman–Crippen MR) is 140 cm³/mol. The van der Waals surface area contributed by atoms with Crippen LogP contribution >= 0.6 is 0 Å². The lowest BCUT2D eigenvalue weighted by molar-refractivity contribution is -0.136. The van der Waals surface area contributed by atoms with Crippen LogP contribution in [-0.2, 0) is 9.47 Å². The third kappa shape index (κ3) is 4.56. The number of rotatable bonds is 6. The molecule has 0 radical (unpaired) electrons. The molecular weight excluding hydrogens is 472 g/mol. The largest absolute Gasteiger partial charge is 0.467 e. The number of ether oxygens (including phenoxy) is 3. The van der Waals surface area contributed by atoms with Gasteiger partial charge in [-0.15, -0.1) is 0 Å². The SMILES string of the molecule is COc1nc(N2CCO[C@@H](CO)C2)cc(-n2ncc3cc(C)c(C4CCN(C5(C)COC5)CC4)cc32)n1. The zero-order chi connectivity index (χ0) is 25.6. The third-order valence-electron chi connectivity index (χ3n) is 8.22. The molecule has 198 valence electrons. The molecule has 3 aliphatic rings. The van der Waals surface area contributed by atoms with Gasteiger partial charge in [0.2, 0.25) is 0 Å². The van der Waals surface area contributed by atoms with Crippen LogP contribution in [0.15, 0.2) is 24.4 Å². The number of fused-ring (bicyclic) bond motifs is 1. The van der Waals surface area contributed by atoms with Gasteiger partial charge in [0, 0.05) is 24.5 Å². The highest BCUT2D eigenvalue weighted by atomic mass is 16.5. The van der Waals surface area contributed by atoms with Crippen molar-refractivity contribution in [3.05, 3.63) is 35.5 Å². The van der Waals surface area contributed by atoms with E-state index in [0.29, 0.717) is 31.4 Å². The van der Waals surface area contributed by atoms with E-state index in [2.05, 4.69) is 45.7 Å². The van der Waals surface area contributed by atoms with Crippen molar-refractivity contribution in [2.75, 3.05) is 64.6 Å². The Kier molecular flexibility index (Phi) is 6.52. The standard InChI is InChI=1S/C27H36N6O4/c1-18-10-20-13-28-33(23(20)11-22(18)19-4-6-32(7-5-19)27(2)16-36-17-27)25-12-24(29-26(30-25)35-3)31-8-9-37-21(14-31)15-34/h10-13,19,21,34H,4-9,14-17H2,1-3H3/t21-/m1/s1. The average Bonchev–Trinajstić information content (AvgIpc) is 3.33. The fourth-order valence-electron chi connectivity index (χ4n) is 5.94. The summed E-state index contributed by atoms with van der Waals surface area (Å²) in [5.74, 6) is 1.92. The van der Waals surface area contributed by atoms with Crippen LogP contribution in [0.1, 0.15) is 36.8 Å². The molecule has 2 aromatic heterocycles. The van der Waals surface area contributed by atoms with Crippen LogP contribution < -0.4 is 9.64 Å². The molecule has 3 aliphatic heterocycles. The van der Waals surface area contributed by atoms with Crippen molar-refractivity contribution in [1.29, 1.82) is 0 Å². The number of hydrogen-bond donors (Lipinski definition) is 1. The van der Waals surface area contributed by atoms with Crippen LogP contribution in [0, 0.1) is 6.92 Å². The second-order valence-electron chi connectivity index (χ2n) is 10.8. The smallest absolute Gasteiger partial charge is 0.320 e. The van der Waals surface area contributed by atoms with Gasteiger partial charge in [0.25, 0.3) is 0 Å². The molecule has 3 saturated heterocycles. The highest BCUT2D eigenvalue weighted by molar-refractivity contribution is 5.82. The van der Waals surface area contributed by atoms with Gasteiger partial charge in [0.05, 0.1) is 56.9 Å². The first-order valence-electron chi connectivity index (χ1n) is 13.2. The van der Waals surface area contributed by atoms with Crippen molar-refractivity contribution in [2.24, 2.45) is 0 Å². The summed E-state index contributed by atoms with van der Waals surface area (Å²) in [7, 11) is 1.57. The summed E-state index contributed by atoms with van der Waals surface area (Å²) < 4.78 is 18.5. The van der Waals surface area contributed by atoms with Gasteiger partial charge in [-0.3, -0.25) is 4.90 Å². The first kappa shape index (κ1) is 24.5. The molecule has 0 unspecified atom stereocenters. The number of aryl methyl sites for hydroxylation is 1. The molecule has 0 amide bonds. The van der Waals surface area contributed by atoms with E-state index < -0.39 is 0 Å². The van der Waals surface area contributed by atoms with Gasteiger partial charge in [0.15, 0.2) is 5.82 Å². The summed E-state index contributed by atoms with van der Waals surface area (Å²) in [5.41, 5.74) is 3.95. The Morgan fingerprint density at radius 3 is 2.59 bits per heavy atom. The fraction of sp³-hybridized carbons (Fsp3) is 0.593. The maximum absolute atomic E-state index is 9.57. The number of anilines is 1. The number of methoxy groups -OCH3 is 1. The minimum absolute atomic E-state index is 0.0244. The van der Waals surface area contributed by atoms with Gasteiger partial charge in [-0.05, 0) is 69.0 Å². The molecule has 6 rings (SSSR count). The van der Waals surface area contributed by atoms with Gasteiger partial charge in [0.1, 0.15) is 5.82 Å². The molecule has 0 aliphatic carbocycles. The number of benzene rings is 1. The van der Waals surface area contributed by atoms with Crippen LogP contribution in [0.2, 0.25) is 0 Å². The quantitative estimate of drug-likeness (QED) is 0.538. The molecule has 1 N–H and O–H groups in total. The molecule has 10 heteroatoms. The van der Waals surface area contributed by atoms with Gasteiger partial charge in [-0.1, -0.05) is 0 Å². The molecular formula is C27H36N6O4. The number of nitrogens with zero attached hydrogens (tertiary/aromatic N) is 6. The van der Waals surface area contributed by atoms with Gasteiger partial charge in [-0.2, -0.15) is 15.1 Å². The van der Waals surface area contributed by atoms with Crippen molar-refractivity contribution in [2.45, 2.75) is 44.2 Å². The molecule has 0 bridgehead atoms. The van der Waals surface area contributed by atoms with Crippen molar-refractivity contribution in [3.8, 4) is 11.8 Å². The summed E-state index contributed by atoms with van der Waals surface area (Å²) in [5, 5.41) is 15.4. The van der Waals surface area contributed by atoms with Gasteiger partial charge < -0.3 is 24.2 Å². The summed E-state index contributed by atoms with van der Waals surface area (Å²) in [6.07, 6.45) is 3.95. The lowest BCUT2D eigenvalue weighted by atomic mass is 9.84. The second kappa shape index (κ2) is 9.83. The molecule has 1 aromatic carbocycles. The number of aliphatic hydroxyl groups excluding tert-OH is 1. The minimum Gasteiger partial charge on any atom is -0.467 e. The molecule has 3 fully saturated rings. The Labute approximate surface area is 217 Å². The molecule has 0 saturated carbocycles. The van der Waals surface area contributed by atoms with Crippen LogP contribution in [0.3, 0.4) is 0 Å². The van der Waals surface area contributed by atoms with E-state index in [0.717, 1.165) is 55.9 Å². The Morgan fingerprint density at radius 2 is 1.89 bits per heavy atom. The number of aliphatic hydroxyl groups is 1. The Balaban J connectivity index is 1.31. The van der Waals surface area contributed by atoms with Crippen molar-refractivity contribution in [3.63, 3.8) is 0 Å². The van der Waals surface area contributed by atoms with Crippen molar-refractivity contribution in [1.82, 2.24) is 24.6 Å². The Hall–Kier alpha value is -2.79. The van der Waals surface area contributed by atoms with E-state index >= 15 is 0 Å². The normalized spacial score (nSPS) is 22.8. The maximum Gasteiger partial charge on any atom is 0.320 e. The Bertz CT molecular complexity index is 1270. The number of likely N-dealkylation sites (tertiary alicyclic amines) is 1. The van der Waals surface area contributed by atoms with Crippen molar-refractivity contribution < 1.29 is 19.3 Å². The van der Waals surface area contributed by atoms with E-state index in [4.69, 9.17) is 19.3 Å². The fourth-order valence-corrected chi connectivity index (χ4v) is 5.94. The summed E-state index contributed by atoms with van der Waals surface area (Å²) in [4.78, 5) is 13.9. The second-order valence-corrected chi connectivity index (χ2v) is 10.8. The number of piperidine rings is 1. The maximum atomic E-state index is 9.57. The monoisotopic (exact) mass is 508 g/mol. The van der Waals surface area contributed by atoms with Crippen LogP contribution in [0.4, 0.5) is 5.82 Å². The summed E-state index contributed by atoms with van der Waals surface area (Å²) >= 11 is 0. The molecule has 37 heavy (non-hydrogen) atoms. The van der Waals surface area contributed by atoms with Gasteiger partial charge >= 0.3 is 6.01 Å². The zero-order valence-electron chi connectivity index (χ0n) is 21.9. The lowest BCUT2D eigenvalue weighted by Gasteiger charge is -2.50. The first-order valence-corrected chi connectivity index (χ1v) is 13.2. The number of aromatic nitrogens is 4. The Morgan fingerprint density at radius 1 is 1.11 bits per heavy atom. The highest BCUT2D eigenvalue weighted by Gasteiger charge is 2.41. The molecule has 1 atom stereocenters. The van der Waals surface area contributed by atoms with E-state index in [9.17, 15) is 5.11 Å². The molecule has 5 heterocycles. The van der Waals surface area contributed by atoms with Crippen LogP contribution in [0.25, 0.3) is 16.7 Å². The van der Waals surface area contributed by atoms with E-state index in [1.807, 2.05) is 16.9 Å². The molecule has 0 spiro atoms. The van der Waals surface area contributed by atoms with Crippen LogP contribution in [-0.4, -0.2) is 101 Å². The summed E-state index contributed by atoms with van der Waals surface area (Å²) in [6, 6.07) is 6.77. The highest BCUT2D eigenvalue weighted by Crippen LogP contribution is 2.37. The average molecular weight is 509 g/mol. The number of hydrogen-bond acceptors (Lipinski definition) is 9. The third-order valence-corrected chi connectivity index (χ3v) is 8.22. The lowest BCUT2D eigenvalue weighted by Crippen LogP contribution is -2.61. The molecule has 10 nitrogen and oxygen atoms in total.